The average Bonchev–Trinajstić information content (AvgIpc) is 2.48. The van der Waals surface area contributed by atoms with Crippen LogP contribution in [-0.4, -0.2) is 4.08 Å². The van der Waals surface area contributed by atoms with Gasteiger partial charge in [-0.15, -0.1) is 30.1 Å². The van der Waals surface area contributed by atoms with Crippen molar-refractivity contribution >= 4 is 23.5 Å². The number of benzene rings is 2. The van der Waals surface area contributed by atoms with Crippen molar-refractivity contribution in [3.63, 3.8) is 0 Å². The van der Waals surface area contributed by atoms with Crippen molar-refractivity contribution < 1.29 is 0 Å². The van der Waals surface area contributed by atoms with Gasteiger partial charge < -0.3 is 0 Å². The fraction of sp³-hybridized carbons (Fsp3) is 0.176. The van der Waals surface area contributed by atoms with Gasteiger partial charge in [-0.25, -0.2) is 0 Å². The van der Waals surface area contributed by atoms with E-state index in [1.54, 1.807) is 0 Å². The fourth-order valence-corrected chi connectivity index (χ4v) is 4.35. The topological polar surface area (TPSA) is 0 Å². The van der Waals surface area contributed by atoms with Crippen molar-refractivity contribution in [1.82, 2.24) is 0 Å². The Balaban J connectivity index is 2.20. The number of hydrogen-bond acceptors (Lipinski definition) is 2. The first-order valence-electron chi connectivity index (χ1n) is 6.40. The predicted molar refractivity (Wildman–Crippen MR) is 87.8 cm³/mol. The first kappa shape index (κ1) is 14.3. The molecule has 0 saturated heterocycles. The van der Waals surface area contributed by atoms with E-state index in [0.717, 1.165) is 6.42 Å². The van der Waals surface area contributed by atoms with E-state index < -0.39 is 0 Å². The zero-order chi connectivity index (χ0) is 13.6. The summed E-state index contributed by atoms with van der Waals surface area (Å²) in [4.78, 5) is 2.57. The van der Waals surface area contributed by atoms with Crippen molar-refractivity contribution in [2.75, 3.05) is 0 Å². The van der Waals surface area contributed by atoms with Gasteiger partial charge in [-0.3, -0.25) is 0 Å². The molecule has 0 aliphatic heterocycles. The van der Waals surface area contributed by atoms with Crippen LogP contribution in [0.4, 0.5) is 0 Å². The molecule has 2 aromatic carbocycles. The van der Waals surface area contributed by atoms with Crippen molar-refractivity contribution in [1.29, 1.82) is 0 Å². The molecule has 0 fully saturated rings. The van der Waals surface area contributed by atoms with Gasteiger partial charge in [-0.1, -0.05) is 49.4 Å². The smallest absolute Gasteiger partial charge is 0.0878 e. The molecule has 2 heteroatoms. The van der Waals surface area contributed by atoms with Gasteiger partial charge in [0.1, 0.15) is 0 Å². The van der Waals surface area contributed by atoms with Gasteiger partial charge in [0.2, 0.25) is 0 Å². The molecule has 0 bridgehead atoms. The second-order valence-electron chi connectivity index (χ2n) is 4.20. The largest absolute Gasteiger partial charge is 0.104 e. The third kappa shape index (κ3) is 3.92. The Morgan fingerprint density at radius 1 is 0.895 bits per heavy atom. The Morgan fingerprint density at radius 3 is 1.63 bits per heavy atom. The van der Waals surface area contributed by atoms with Crippen molar-refractivity contribution in [2.45, 2.75) is 27.2 Å². The molecule has 0 aliphatic rings. The number of rotatable bonds is 6. The quantitative estimate of drug-likeness (QED) is 0.370. The second-order valence-corrected chi connectivity index (χ2v) is 7.27. The number of thioether (sulfide) groups is 2. The van der Waals surface area contributed by atoms with E-state index in [1.807, 2.05) is 23.5 Å². The zero-order valence-electron chi connectivity index (χ0n) is 11.1. The Kier molecular flexibility index (Phi) is 5.17. The third-order valence-electron chi connectivity index (χ3n) is 2.87. The first-order valence-corrected chi connectivity index (χ1v) is 8.03. The lowest BCUT2D eigenvalue weighted by Crippen LogP contribution is -2.14. The highest BCUT2D eigenvalue weighted by Crippen LogP contribution is 2.48. The standard InChI is InChI=1S/C17H18S2/c1-3-17(4-2,18-15-11-7-5-8-12-15)19-16-13-9-6-10-14-16/h3,5-14H,1,4H2,2H3. The maximum atomic E-state index is 4.05. The average molecular weight is 286 g/mol. The van der Waals surface area contributed by atoms with E-state index in [9.17, 15) is 0 Å². The molecular formula is C17H18S2. The summed E-state index contributed by atoms with van der Waals surface area (Å²) in [6.45, 7) is 6.27. The summed E-state index contributed by atoms with van der Waals surface area (Å²) in [5.41, 5.74) is 0. The summed E-state index contributed by atoms with van der Waals surface area (Å²) in [5.74, 6) is 0. The summed E-state index contributed by atoms with van der Waals surface area (Å²) < 4.78 is -0.0112. The van der Waals surface area contributed by atoms with Crippen LogP contribution in [0, 0.1) is 0 Å². The van der Waals surface area contributed by atoms with Crippen LogP contribution in [0.1, 0.15) is 13.3 Å². The highest BCUT2D eigenvalue weighted by atomic mass is 32.2. The Morgan fingerprint density at radius 2 is 1.32 bits per heavy atom. The minimum atomic E-state index is -0.0112. The highest BCUT2D eigenvalue weighted by Gasteiger charge is 2.27. The van der Waals surface area contributed by atoms with Crippen LogP contribution in [0.3, 0.4) is 0 Å². The molecule has 0 aliphatic carbocycles. The van der Waals surface area contributed by atoms with Crippen molar-refractivity contribution in [3.05, 3.63) is 73.3 Å². The minimum absolute atomic E-state index is 0.0112. The van der Waals surface area contributed by atoms with E-state index in [4.69, 9.17) is 0 Å². The second kappa shape index (κ2) is 6.88. The molecule has 0 aromatic heterocycles. The molecule has 0 heterocycles. The van der Waals surface area contributed by atoms with Crippen LogP contribution in [0.5, 0.6) is 0 Å². The van der Waals surface area contributed by atoms with Gasteiger partial charge in [0, 0.05) is 9.79 Å². The Hall–Kier alpha value is -1.12. The molecular weight excluding hydrogens is 268 g/mol. The summed E-state index contributed by atoms with van der Waals surface area (Å²) >= 11 is 3.75. The molecule has 0 radical (unpaired) electrons. The molecule has 0 amide bonds. The lowest BCUT2D eigenvalue weighted by molar-refractivity contribution is 0.920. The van der Waals surface area contributed by atoms with E-state index in [2.05, 4.69) is 80.2 Å². The van der Waals surface area contributed by atoms with Crippen molar-refractivity contribution in [3.8, 4) is 0 Å². The molecule has 2 aromatic rings. The zero-order valence-corrected chi connectivity index (χ0v) is 12.7. The molecule has 0 atom stereocenters. The molecule has 2 rings (SSSR count). The SMILES string of the molecule is C=CC(CC)(Sc1ccccc1)Sc1ccccc1. The van der Waals surface area contributed by atoms with Crippen LogP contribution in [0.25, 0.3) is 0 Å². The van der Waals surface area contributed by atoms with Gasteiger partial charge in [0.25, 0.3) is 0 Å². The summed E-state index contributed by atoms with van der Waals surface area (Å²) in [5, 5.41) is 0. The van der Waals surface area contributed by atoms with Gasteiger partial charge in [-0.2, -0.15) is 0 Å². The maximum absolute atomic E-state index is 4.05. The molecule has 0 unspecified atom stereocenters. The van der Waals surface area contributed by atoms with E-state index >= 15 is 0 Å². The highest BCUT2D eigenvalue weighted by molar-refractivity contribution is 8.18. The van der Waals surface area contributed by atoms with Crippen LogP contribution in [0.15, 0.2) is 83.1 Å². The van der Waals surface area contributed by atoms with E-state index in [-0.39, 0.29) is 4.08 Å². The molecule has 19 heavy (non-hydrogen) atoms. The third-order valence-corrected chi connectivity index (χ3v) is 5.99. The molecule has 0 saturated carbocycles. The van der Waals surface area contributed by atoms with Gasteiger partial charge in [0.05, 0.1) is 4.08 Å². The van der Waals surface area contributed by atoms with Crippen LogP contribution < -0.4 is 0 Å². The summed E-state index contributed by atoms with van der Waals surface area (Å²) in [7, 11) is 0. The van der Waals surface area contributed by atoms with Crippen LogP contribution in [-0.2, 0) is 0 Å². The lowest BCUT2D eigenvalue weighted by atomic mass is 10.3. The Labute approximate surface area is 124 Å². The first-order chi connectivity index (χ1) is 9.28. The van der Waals surface area contributed by atoms with Gasteiger partial charge in [0.15, 0.2) is 0 Å². The van der Waals surface area contributed by atoms with E-state index in [0.29, 0.717) is 0 Å². The molecule has 0 nitrogen and oxygen atoms in total. The Bertz CT molecular complexity index is 464. The monoisotopic (exact) mass is 286 g/mol. The molecule has 0 N–H and O–H groups in total. The summed E-state index contributed by atoms with van der Waals surface area (Å²) in [6.07, 6.45) is 3.11. The summed E-state index contributed by atoms with van der Waals surface area (Å²) in [6, 6.07) is 21.1. The fourth-order valence-electron chi connectivity index (χ4n) is 1.77. The van der Waals surface area contributed by atoms with Crippen LogP contribution in [0.2, 0.25) is 0 Å². The van der Waals surface area contributed by atoms with Gasteiger partial charge >= 0.3 is 0 Å². The van der Waals surface area contributed by atoms with Crippen molar-refractivity contribution in [2.24, 2.45) is 0 Å². The molecule has 98 valence electrons. The van der Waals surface area contributed by atoms with Crippen LogP contribution >= 0.6 is 23.5 Å². The lowest BCUT2D eigenvalue weighted by Gasteiger charge is -2.28. The number of hydrogen-bond donors (Lipinski definition) is 0. The maximum Gasteiger partial charge on any atom is 0.0878 e. The van der Waals surface area contributed by atoms with Gasteiger partial charge in [-0.05, 0) is 30.7 Å². The minimum Gasteiger partial charge on any atom is -0.104 e. The normalized spacial score (nSPS) is 11.2. The molecule has 0 spiro atoms. The van der Waals surface area contributed by atoms with E-state index in [1.165, 1.54) is 9.79 Å². The predicted octanol–water partition coefficient (Wildman–Crippen LogP) is 5.86.